The third kappa shape index (κ3) is 7.60. The van der Waals surface area contributed by atoms with E-state index in [-0.39, 0.29) is 11.4 Å². The van der Waals surface area contributed by atoms with Crippen LogP contribution in [0.1, 0.15) is 15.9 Å². The number of nitrogens with two attached hydrogens (primary N) is 1. The summed E-state index contributed by atoms with van der Waals surface area (Å²) in [7, 11) is -9.64. The Morgan fingerprint density at radius 1 is 0.886 bits per heavy atom. The summed E-state index contributed by atoms with van der Waals surface area (Å²) in [4.78, 5) is 20.3. The molecule has 0 amide bonds. The summed E-state index contributed by atoms with van der Waals surface area (Å²) in [5.41, 5.74) is 6.08. The average Bonchev–Trinajstić information content (AvgIpc) is 2.93. The van der Waals surface area contributed by atoms with E-state index in [1.165, 1.54) is 12.1 Å². The van der Waals surface area contributed by atoms with Crippen molar-refractivity contribution in [3.63, 3.8) is 0 Å². The summed E-state index contributed by atoms with van der Waals surface area (Å²) in [6.07, 6.45) is -1.29. The third-order valence-corrected chi connectivity index (χ3v) is 7.00. The normalized spacial score (nSPS) is 12.3. The van der Waals surface area contributed by atoms with Crippen molar-refractivity contribution in [2.75, 3.05) is 16.5 Å². The molecule has 0 atom stereocenters. The molecule has 0 unspecified atom stereocenters. The van der Waals surface area contributed by atoms with Crippen LogP contribution in [0.2, 0.25) is 0 Å². The minimum absolute atomic E-state index is 0.242. The Hall–Kier alpha value is -5.64. The second kappa shape index (κ2) is 12.3. The molecule has 4 rings (SSSR count). The molecule has 228 valence electrons. The number of aromatic nitrogens is 3. The predicted octanol–water partition coefficient (Wildman–Crippen LogP) is 2.79. The molecule has 0 fully saturated rings. The highest BCUT2D eigenvalue weighted by Crippen LogP contribution is 2.37. The molecule has 4 aromatic rings. The SMILES string of the molecule is Nc1nc(F)nc(Nc2cc(S(=O)(=O)O)cc(N/N=C(/N=Nc3cc(S(=O)(=O)O)ccc3C(=O)O)c3ccccc3)c2O)n1. The number of nitrogens with one attached hydrogen (secondary N) is 2. The van der Waals surface area contributed by atoms with Crippen molar-refractivity contribution in [3.8, 4) is 5.75 Å². The molecule has 0 saturated heterocycles. The van der Waals surface area contributed by atoms with E-state index in [1.54, 1.807) is 18.2 Å². The van der Waals surface area contributed by atoms with Crippen LogP contribution in [0.4, 0.5) is 33.3 Å². The highest BCUT2D eigenvalue weighted by molar-refractivity contribution is 7.86. The van der Waals surface area contributed by atoms with E-state index < -0.39 is 82.3 Å². The first-order chi connectivity index (χ1) is 20.6. The van der Waals surface area contributed by atoms with Gasteiger partial charge in [0.1, 0.15) is 11.4 Å². The lowest BCUT2D eigenvalue weighted by atomic mass is 10.2. The molecule has 3 aromatic carbocycles. The second-order valence-electron chi connectivity index (χ2n) is 8.33. The Balaban J connectivity index is 1.81. The summed E-state index contributed by atoms with van der Waals surface area (Å²) in [5, 5.41) is 34.3. The van der Waals surface area contributed by atoms with Crippen molar-refractivity contribution in [1.29, 1.82) is 0 Å². The number of anilines is 4. The molecule has 0 aliphatic rings. The van der Waals surface area contributed by atoms with Gasteiger partial charge in [0.25, 0.3) is 20.2 Å². The maximum Gasteiger partial charge on any atom is 0.337 e. The van der Waals surface area contributed by atoms with Crippen LogP contribution in [-0.4, -0.2) is 62.9 Å². The van der Waals surface area contributed by atoms with Gasteiger partial charge in [-0.05, 0) is 30.3 Å². The zero-order valence-corrected chi connectivity index (χ0v) is 23.2. The number of carboxylic acid groups (broad SMARTS) is 1. The largest absolute Gasteiger partial charge is 0.504 e. The first-order valence-electron chi connectivity index (χ1n) is 11.6. The summed E-state index contributed by atoms with van der Waals surface area (Å²) in [6.45, 7) is 0. The molecule has 0 spiro atoms. The molecule has 1 aromatic heterocycles. The number of azo groups is 1. The van der Waals surface area contributed by atoms with Gasteiger partial charge in [-0.2, -0.15) is 41.3 Å². The van der Waals surface area contributed by atoms with Gasteiger partial charge < -0.3 is 21.3 Å². The number of phenolic OH excluding ortho intramolecular Hbond substituents is 1. The lowest BCUT2D eigenvalue weighted by Gasteiger charge is -2.13. The lowest BCUT2D eigenvalue weighted by Crippen LogP contribution is -2.08. The van der Waals surface area contributed by atoms with Gasteiger partial charge in [0.2, 0.25) is 17.7 Å². The molecule has 0 aliphatic carbocycles. The van der Waals surface area contributed by atoms with Gasteiger partial charge in [0.15, 0.2) is 5.75 Å². The van der Waals surface area contributed by atoms with Gasteiger partial charge in [-0.15, -0.1) is 10.2 Å². The topological polar surface area (TPSA) is 292 Å². The highest BCUT2D eigenvalue weighted by Gasteiger charge is 2.20. The number of hydrazone groups is 1. The maximum absolute atomic E-state index is 13.6. The van der Waals surface area contributed by atoms with Crippen molar-refractivity contribution >= 4 is 61.0 Å². The fourth-order valence-corrected chi connectivity index (χ4v) is 4.40. The number of nitrogens with zero attached hydrogens (tertiary/aromatic N) is 6. The summed E-state index contributed by atoms with van der Waals surface area (Å²) in [6, 6.07) is 11.8. The van der Waals surface area contributed by atoms with Crippen LogP contribution >= 0.6 is 0 Å². The van der Waals surface area contributed by atoms with E-state index >= 15 is 0 Å². The van der Waals surface area contributed by atoms with Gasteiger partial charge in [0.05, 0.1) is 21.0 Å². The Morgan fingerprint density at radius 3 is 2.16 bits per heavy atom. The molecule has 18 nitrogen and oxygen atoms in total. The van der Waals surface area contributed by atoms with E-state index in [1.807, 2.05) is 0 Å². The zero-order chi connectivity index (χ0) is 32.2. The van der Waals surface area contributed by atoms with E-state index in [9.17, 15) is 45.3 Å². The van der Waals surface area contributed by atoms with Gasteiger partial charge >= 0.3 is 12.0 Å². The number of phenols is 1. The van der Waals surface area contributed by atoms with Crippen LogP contribution in [0, 0.1) is 6.08 Å². The summed E-state index contributed by atoms with van der Waals surface area (Å²) >= 11 is 0. The van der Waals surface area contributed by atoms with E-state index in [0.717, 1.165) is 30.3 Å². The molecular formula is C23H18FN9O9S2. The fraction of sp³-hybridized carbons (Fsp3) is 0. The average molecular weight is 648 g/mol. The monoisotopic (exact) mass is 647 g/mol. The third-order valence-electron chi connectivity index (χ3n) is 5.32. The lowest BCUT2D eigenvalue weighted by molar-refractivity contribution is 0.0697. The standard InChI is InChI=1S/C23H18FN9O9S2/c24-21-27-22(25)29-23(28-21)26-16-9-13(44(40,41)42)10-17(18(16)34)31-33-19(11-4-2-1-3-5-11)32-30-15-8-12(43(37,38)39)6-7-14(15)20(35)36/h1-10,31,34H,(H,35,36)(H,37,38,39)(H,40,41,42)(H3,25,26,27,28,29)/b32-30?,33-19+. The Kier molecular flexibility index (Phi) is 8.75. The maximum atomic E-state index is 13.6. The number of carbonyl (C=O) groups is 1. The minimum Gasteiger partial charge on any atom is -0.504 e. The number of halogens is 1. The Labute approximate surface area is 246 Å². The van der Waals surface area contributed by atoms with Crippen LogP contribution in [-0.2, 0) is 20.2 Å². The molecule has 8 N–H and O–H groups in total. The fourth-order valence-electron chi connectivity index (χ4n) is 3.36. The zero-order valence-electron chi connectivity index (χ0n) is 21.6. The summed E-state index contributed by atoms with van der Waals surface area (Å²) < 4.78 is 79.6. The van der Waals surface area contributed by atoms with Crippen LogP contribution < -0.4 is 16.5 Å². The first kappa shape index (κ1) is 31.3. The number of nitrogen functional groups attached to an aromatic ring is 1. The van der Waals surface area contributed by atoms with Crippen LogP contribution in [0.5, 0.6) is 5.75 Å². The van der Waals surface area contributed by atoms with Crippen molar-refractivity contribution < 1.29 is 45.3 Å². The van der Waals surface area contributed by atoms with Crippen molar-refractivity contribution in [2.45, 2.75) is 9.79 Å². The van der Waals surface area contributed by atoms with Crippen LogP contribution in [0.25, 0.3) is 0 Å². The van der Waals surface area contributed by atoms with Gasteiger partial charge in [-0.1, -0.05) is 30.3 Å². The van der Waals surface area contributed by atoms with E-state index in [0.29, 0.717) is 0 Å². The molecule has 0 aliphatic heterocycles. The number of carboxylic acids is 1. The number of hydrogen-bond acceptors (Lipinski definition) is 14. The highest BCUT2D eigenvalue weighted by atomic mass is 32.2. The molecule has 0 bridgehead atoms. The van der Waals surface area contributed by atoms with Crippen molar-refractivity contribution in [3.05, 3.63) is 77.9 Å². The van der Waals surface area contributed by atoms with Gasteiger partial charge in [-0.3, -0.25) is 14.5 Å². The van der Waals surface area contributed by atoms with Gasteiger partial charge in [-0.25, -0.2) is 4.79 Å². The number of aromatic carboxylic acids is 1. The molecular weight excluding hydrogens is 629 g/mol. The smallest absolute Gasteiger partial charge is 0.337 e. The number of aromatic hydroxyl groups is 1. The first-order valence-corrected chi connectivity index (χ1v) is 14.4. The van der Waals surface area contributed by atoms with E-state index in [2.05, 4.69) is 41.0 Å². The number of hydrogen-bond donors (Lipinski definition) is 7. The second-order valence-corrected chi connectivity index (χ2v) is 11.2. The molecule has 1 heterocycles. The quantitative estimate of drug-likeness (QED) is 0.0343. The van der Waals surface area contributed by atoms with Crippen LogP contribution in [0.3, 0.4) is 0 Å². The van der Waals surface area contributed by atoms with Crippen molar-refractivity contribution in [1.82, 2.24) is 15.0 Å². The molecule has 21 heteroatoms. The number of benzene rings is 3. The van der Waals surface area contributed by atoms with Crippen LogP contribution in [0.15, 0.2) is 85.8 Å². The summed E-state index contributed by atoms with van der Waals surface area (Å²) in [5.74, 6) is -3.62. The van der Waals surface area contributed by atoms with E-state index in [4.69, 9.17) is 5.73 Å². The minimum atomic E-state index is -4.90. The molecule has 0 saturated carbocycles. The molecule has 0 radical (unpaired) electrons. The predicted molar refractivity (Wildman–Crippen MR) is 150 cm³/mol. The Bertz CT molecular complexity index is 2020. The number of amidine groups is 1. The Morgan fingerprint density at radius 2 is 1.55 bits per heavy atom. The number of rotatable bonds is 9. The molecule has 44 heavy (non-hydrogen) atoms. The van der Waals surface area contributed by atoms with Gasteiger partial charge in [0, 0.05) is 5.56 Å². The van der Waals surface area contributed by atoms with Crippen molar-refractivity contribution in [2.24, 2.45) is 15.3 Å².